The van der Waals surface area contributed by atoms with Crippen LogP contribution in [0, 0.1) is 0 Å². The fourth-order valence-corrected chi connectivity index (χ4v) is 4.81. The van der Waals surface area contributed by atoms with Gasteiger partial charge >= 0.3 is 30.2 Å². The third kappa shape index (κ3) is 8.71. The molecule has 0 saturated heterocycles. The maximum atomic E-state index is 13.8. The average molecular weight is 762 g/mol. The summed E-state index contributed by atoms with van der Waals surface area (Å²) < 4.78 is 130. The van der Waals surface area contributed by atoms with Crippen molar-refractivity contribution >= 4 is 36.5 Å². The summed E-state index contributed by atoms with van der Waals surface area (Å²) >= 11 is -0.631. The summed E-state index contributed by atoms with van der Waals surface area (Å²) in [6.45, 7) is 5.84. The number of ether oxygens (including phenoxy) is 2. The van der Waals surface area contributed by atoms with Crippen molar-refractivity contribution in [3.8, 4) is 28.3 Å². The van der Waals surface area contributed by atoms with E-state index >= 15 is 0 Å². The number of aromatic nitrogens is 2. The number of H-pyrrole nitrogens is 1. The van der Waals surface area contributed by atoms with E-state index in [4.69, 9.17) is 9.57 Å². The SMILES string of the molecule is COc1c(-c2ccc3cc(ON(C)SOC(F)(F)C(F)(F)OC(F)(F)C(F)(F)F)ccc3c2)cc(-n2ccc(=O)[nH]c2=O)cc1C(C)(C)C.S. The fraction of sp³-hybridized carbons (Fsp3) is 0.333. The molecule has 0 spiro atoms. The number of rotatable bonds is 11. The fourth-order valence-electron chi connectivity index (χ4n) is 4.40. The first-order valence-corrected chi connectivity index (χ1v) is 14.4. The summed E-state index contributed by atoms with van der Waals surface area (Å²) in [5.41, 5.74) is 0.742. The Labute approximate surface area is 288 Å². The van der Waals surface area contributed by atoms with Gasteiger partial charge in [-0.3, -0.25) is 14.3 Å². The van der Waals surface area contributed by atoms with Crippen LogP contribution in [0.1, 0.15) is 26.3 Å². The van der Waals surface area contributed by atoms with Crippen molar-refractivity contribution in [2.45, 2.75) is 50.7 Å². The Balaban J connectivity index is 0.00000676. The number of hydrogen-bond acceptors (Lipinski definition) is 8. The van der Waals surface area contributed by atoms with Crippen LogP contribution in [-0.4, -0.2) is 52.7 Å². The van der Waals surface area contributed by atoms with E-state index in [1.165, 1.54) is 36.1 Å². The van der Waals surface area contributed by atoms with E-state index in [1.54, 1.807) is 36.4 Å². The predicted octanol–water partition coefficient (Wildman–Crippen LogP) is 7.93. The summed E-state index contributed by atoms with van der Waals surface area (Å²) in [7, 11) is 2.39. The molecule has 0 amide bonds. The molecule has 0 aliphatic heterocycles. The molecule has 0 aliphatic rings. The van der Waals surface area contributed by atoms with Crippen LogP contribution in [0.5, 0.6) is 11.5 Å². The number of aromatic amines is 1. The minimum Gasteiger partial charge on any atom is -0.496 e. The number of halogens is 9. The Hall–Kier alpha value is -3.85. The van der Waals surface area contributed by atoms with Crippen molar-refractivity contribution in [1.29, 1.82) is 0 Å². The van der Waals surface area contributed by atoms with Gasteiger partial charge in [-0.25, -0.2) is 13.7 Å². The maximum Gasteiger partial charge on any atom is 0.483 e. The topological polar surface area (TPSA) is 95.0 Å². The lowest BCUT2D eigenvalue weighted by molar-refractivity contribution is -0.506. The molecule has 0 bridgehead atoms. The van der Waals surface area contributed by atoms with E-state index < -0.39 is 53.4 Å². The molecule has 20 heteroatoms. The smallest absolute Gasteiger partial charge is 0.483 e. The van der Waals surface area contributed by atoms with Gasteiger partial charge in [0.05, 0.1) is 12.8 Å². The number of benzene rings is 3. The Morgan fingerprint density at radius 1 is 0.800 bits per heavy atom. The van der Waals surface area contributed by atoms with Crippen molar-refractivity contribution in [3.63, 3.8) is 0 Å². The summed E-state index contributed by atoms with van der Waals surface area (Å²) in [5, 5.41) is 1.15. The Bertz CT molecular complexity index is 1960. The third-order valence-corrected chi connectivity index (χ3v) is 7.29. The zero-order valence-electron chi connectivity index (χ0n) is 26.4. The first-order valence-electron chi connectivity index (χ1n) is 13.7. The highest BCUT2D eigenvalue weighted by molar-refractivity contribution is 7.92. The highest BCUT2D eigenvalue weighted by Crippen LogP contribution is 2.47. The molecule has 3 aromatic carbocycles. The minimum atomic E-state index is -6.70. The molecule has 9 nitrogen and oxygen atoms in total. The lowest BCUT2D eigenvalue weighted by Gasteiger charge is -2.29. The van der Waals surface area contributed by atoms with E-state index in [0.29, 0.717) is 37.8 Å². The van der Waals surface area contributed by atoms with Crippen LogP contribution in [0.3, 0.4) is 0 Å². The first kappa shape index (κ1) is 40.6. The van der Waals surface area contributed by atoms with Gasteiger partial charge in [0.15, 0.2) is 0 Å². The highest BCUT2D eigenvalue weighted by atomic mass is 32.2. The third-order valence-electron chi connectivity index (χ3n) is 6.72. The van der Waals surface area contributed by atoms with E-state index in [1.807, 2.05) is 20.8 Å². The zero-order chi connectivity index (χ0) is 36.7. The Kier molecular flexibility index (Phi) is 11.7. The number of hydrogen-bond donors (Lipinski definition) is 1. The van der Waals surface area contributed by atoms with Crippen LogP contribution >= 0.6 is 25.7 Å². The van der Waals surface area contributed by atoms with Crippen LogP contribution in [-0.2, 0) is 14.3 Å². The summed E-state index contributed by atoms with van der Waals surface area (Å²) in [4.78, 5) is 31.7. The average Bonchev–Trinajstić information content (AvgIpc) is 2.97. The van der Waals surface area contributed by atoms with E-state index in [0.717, 1.165) is 12.6 Å². The molecular weight excluding hydrogens is 733 g/mol. The molecule has 0 atom stereocenters. The second-order valence-corrected chi connectivity index (χ2v) is 12.2. The largest absolute Gasteiger partial charge is 0.496 e. The Morgan fingerprint density at radius 2 is 1.42 bits per heavy atom. The maximum absolute atomic E-state index is 13.8. The molecule has 50 heavy (non-hydrogen) atoms. The summed E-state index contributed by atoms with van der Waals surface area (Å²) in [5.74, 6) is 0.474. The number of nitrogens with zero attached hydrogens (tertiary/aromatic N) is 2. The number of methoxy groups -OCH3 is 1. The number of hydroxylamine groups is 1. The highest BCUT2D eigenvalue weighted by Gasteiger charge is 2.71. The van der Waals surface area contributed by atoms with Gasteiger partial charge in [-0.05, 0) is 52.1 Å². The molecule has 0 fully saturated rings. The van der Waals surface area contributed by atoms with Crippen molar-refractivity contribution in [3.05, 3.63) is 87.2 Å². The molecule has 0 radical (unpaired) electrons. The van der Waals surface area contributed by atoms with Gasteiger partial charge in [-0.1, -0.05) is 43.4 Å². The molecule has 1 N–H and O–H groups in total. The second-order valence-electron chi connectivity index (χ2n) is 11.4. The van der Waals surface area contributed by atoms with Gasteiger partial charge in [0.2, 0.25) is 0 Å². The number of alkyl halides is 9. The lowest BCUT2D eigenvalue weighted by atomic mass is 9.83. The van der Waals surface area contributed by atoms with Crippen LogP contribution in [0.2, 0.25) is 0 Å². The molecule has 0 saturated carbocycles. The van der Waals surface area contributed by atoms with Gasteiger partial charge in [0, 0.05) is 30.4 Å². The quantitative estimate of drug-likeness (QED) is 0.0714. The zero-order valence-corrected chi connectivity index (χ0v) is 28.2. The van der Waals surface area contributed by atoms with E-state index in [2.05, 4.69) is 13.9 Å². The molecule has 274 valence electrons. The standard InChI is InChI=1S/C30H26F9N3O6S.H2S/c1-26(2,3)22-15-19(42-11-10-23(43)40-25(42)44)14-21(24(22)45-5)18-7-6-17-13-20(9-8-16(17)12-18)46-41(4)49-48-30(38,39)29(36,37)47-28(34,35)27(31,32)33;/h6-15H,1-5H3,(H,40,43,44);1H2. The molecule has 0 unspecified atom stereocenters. The molecule has 4 rings (SSSR count). The van der Waals surface area contributed by atoms with Crippen molar-refractivity contribution in [2.24, 2.45) is 0 Å². The molecule has 1 heterocycles. The molecular formula is C30H28F9N3O6S2. The van der Waals surface area contributed by atoms with Gasteiger partial charge in [0.1, 0.15) is 23.7 Å². The first-order chi connectivity index (χ1) is 22.5. The summed E-state index contributed by atoms with van der Waals surface area (Å²) in [6, 6.07) is 14.1. The van der Waals surface area contributed by atoms with Gasteiger partial charge in [-0.15, -0.1) is 0 Å². The van der Waals surface area contributed by atoms with E-state index in [9.17, 15) is 49.1 Å². The number of nitrogens with one attached hydrogen (secondary N) is 1. The predicted molar refractivity (Wildman–Crippen MR) is 170 cm³/mol. The second kappa shape index (κ2) is 14.4. The molecule has 4 aromatic rings. The van der Waals surface area contributed by atoms with Gasteiger partial charge < -0.3 is 9.57 Å². The normalized spacial score (nSPS) is 13.0. The summed E-state index contributed by atoms with van der Waals surface area (Å²) in [6.07, 6.45) is -24.3. The van der Waals surface area contributed by atoms with Crippen molar-refractivity contribution in [1.82, 2.24) is 14.0 Å². The monoisotopic (exact) mass is 761 g/mol. The van der Waals surface area contributed by atoms with Crippen LogP contribution < -0.4 is 20.8 Å². The van der Waals surface area contributed by atoms with Crippen LogP contribution in [0.15, 0.2) is 70.4 Å². The van der Waals surface area contributed by atoms with E-state index in [-0.39, 0.29) is 19.2 Å². The minimum absolute atomic E-state index is 0. The van der Waals surface area contributed by atoms with Gasteiger partial charge in [-0.2, -0.15) is 53.0 Å². The van der Waals surface area contributed by atoms with Crippen LogP contribution in [0.4, 0.5) is 39.5 Å². The lowest BCUT2D eigenvalue weighted by Crippen LogP contribution is -2.52. The molecule has 1 aromatic heterocycles. The van der Waals surface area contributed by atoms with Crippen molar-refractivity contribution in [2.75, 3.05) is 14.2 Å². The van der Waals surface area contributed by atoms with Crippen molar-refractivity contribution < 1.29 is 58.0 Å². The Morgan fingerprint density at radius 3 is 2.00 bits per heavy atom. The van der Waals surface area contributed by atoms with Gasteiger partial charge in [0.25, 0.3) is 5.56 Å². The van der Waals surface area contributed by atoms with Crippen LogP contribution in [0.25, 0.3) is 27.6 Å². The number of fused-ring (bicyclic) bond motifs is 1. The molecule has 0 aliphatic carbocycles.